The molecule has 0 spiro atoms. The molecule has 34 heavy (non-hydrogen) atoms. The highest BCUT2D eigenvalue weighted by molar-refractivity contribution is 7.80. The number of nitrogens with zero attached hydrogens (tertiary/aromatic N) is 2. The van der Waals surface area contributed by atoms with Gasteiger partial charge in [-0.15, -0.1) is 0 Å². The molecule has 5 rings (SSSR count). The van der Waals surface area contributed by atoms with Crippen LogP contribution in [0.15, 0.2) is 89.5 Å². The van der Waals surface area contributed by atoms with E-state index in [4.69, 9.17) is 21.4 Å². The molecule has 0 bridgehead atoms. The first-order chi connectivity index (χ1) is 16.6. The number of hydrogen-bond acceptors (Lipinski definition) is 5. The molecule has 0 radical (unpaired) electrons. The first kappa shape index (κ1) is 21.8. The molecule has 2 aromatic heterocycles. The number of rotatable bonds is 5. The van der Waals surface area contributed by atoms with Crippen LogP contribution in [0.4, 0.5) is 10.1 Å². The molecule has 2 aromatic carbocycles. The largest absolute Gasteiger partial charge is 0.465 e. The highest BCUT2D eigenvalue weighted by Crippen LogP contribution is 2.43. The predicted octanol–water partition coefficient (Wildman–Crippen LogP) is 5.44. The van der Waals surface area contributed by atoms with E-state index < -0.39 is 12.0 Å². The molecular weight excluding hydrogens is 453 g/mol. The van der Waals surface area contributed by atoms with Crippen molar-refractivity contribution in [1.82, 2.24) is 10.3 Å². The fraction of sp³-hybridized carbons (Fsp3) is 0.115. The number of nitrogens with one attached hydrogen (secondary N) is 1. The lowest BCUT2D eigenvalue weighted by atomic mass is 10.0. The second-order valence-corrected chi connectivity index (χ2v) is 8.10. The Morgan fingerprint density at radius 1 is 1.06 bits per heavy atom. The van der Waals surface area contributed by atoms with Crippen molar-refractivity contribution in [2.75, 3.05) is 12.0 Å². The Hall–Kier alpha value is -4.04. The summed E-state index contributed by atoms with van der Waals surface area (Å²) in [6.45, 7) is 0. The zero-order valence-electron chi connectivity index (χ0n) is 18.1. The smallest absolute Gasteiger partial charge is 0.338 e. The third-order valence-corrected chi connectivity index (χ3v) is 6.03. The van der Waals surface area contributed by atoms with Gasteiger partial charge >= 0.3 is 5.97 Å². The van der Waals surface area contributed by atoms with Crippen LogP contribution in [0.1, 0.15) is 33.9 Å². The quantitative estimate of drug-likeness (QED) is 0.306. The molecule has 6 nitrogen and oxygen atoms in total. The Morgan fingerprint density at radius 3 is 2.56 bits per heavy atom. The fourth-order valence-corrected chi connectivity index (χ4v) is 4.51. The van der Waals surface area contributed by atoms with E-state index in [1.54, 1.807) is 36.5 Å². The zero-order valence-corrected chi connectivity index (χ0v) is 19.0. The van der Waals surface area contributed by atoms with E-state index in [2.05, 4.69) is 10.3 Å². The highest BCUT2D eigenvalue weighted by atomic mass is 32.1. The second kappa shape index (κ2) is 9.07. The Balaban J connectivity index is 1.60. The van der Waals surface area contributed by atoms with Gasteiger partial charge in [0.05, 0.1) is 24.4 Å². The van der Waals surface area contributed by atoms with Crippen molar-refractivity contribution < 1.29 is 18.3 Å². The second-order valence-electron chi connectivity index (χ2n) is 7.71. The summed E-state index contributed by atoms with van der Waals surface area (Å²) in [5.74, 6) is 0.352. The number of pyridine rings is 1. The van der Waals surface area contributed by atoms with Crippen molar-refractivity contribution in [3.05, 3.63) is 108 Å². The minimum absolute atomic E-state index is 0.311. The Labute approximate surface area is 201 Å². The number of benzene rings is 2. The van der Waals surface area contributed by atoms with Crippen LogP contribution in [-0.2, 0) is 4.74 Å². The number of carbonyl (C=O) groups is 1. The van der Waals surface area contributed by atoms with Gasteiger partial charge in [-0.1, -0.05) is 24.3 Å². The van der Waals surface area contributed by atoms with Crippen LogP contribution >= 0.6 is 12.2 Å². The molecule has 8 heteroatoms. The third kappa shape index (κ3) is 3.92. The maximum absolute atomic E-state index is 13.6. The van der Waals surface area contributed by atoms with Gasteiger partial charge in [-0.3, -0.25) is 4.98 Å². The Morgan fingerprint density at radius 2 is 1.82 bits per heavy atom. The summed E-state index contributed by atoms with van der Waals surface area (Å²) in [7, 11) is 1.34. The summed E-state index contributed by atoms with van der Waals surface area (Å²) < 4.78 is 24.9. The lowest BCUT2D eigenvalue weighted by Crippen LogP contribution is -2.29. The average Bonchev–Trinajstić information content (AvgIpc) is 3.49. The number of aromatic nitrogens is 1. The lowest BCUT2D eigenvalue weighted by molar-refractivity contribution is 0.0601. The minimum atomic E-state index is -0.448. The molecule has 2 atom stereocenters. The van der Waals surface area contributed by atoms with E-state index in [-0.39, 0.29) is 11.9 Å². The summed E-state index contributed by atoms with van der Waals surface area (Å²) in [5, 5.41) is 3.81. The summed E-state index contributed by atoms with van der Waals surface area (Å²) in [6.07, 6.45) is 1.72. The molecule has 4 aromatic rings. The van der Waals surface area contributed by atoms with E-state index in [1.165, 1.54) is 19.2 Å². The summed E-state index contributed by atoms with van der Waals surface area (Å²) in [4.78, 5) is 18.7. The van der Waals surface area contributed by atoms with Crippen LogP contribution < -0.4 is 10.2 Å². The monoisotopic (exact) mass is 473 g/mol. The van der Waals surface area contributed by atoms with Gasteiger partial charge in [0, 0.05) is 17.4 Å². The number of furan rings is 1. The Bertz CT molecular complexity index is 1340. The molecule has 1 saturated heterocycles. The van der Waals surface area contributed by atoms with Crippen LogP contribution in [0.5, 0.6) is 0 Å². The van der Waals surface area contributed by atoms with Gasteiger partial charge in [0.2, 0.25) is 0 Å². The predicted molar refractivity (Wildman–Crippen MR) is 130 cm³/mol. The molecule has 1 fully saturated rings. The molecule has 1 aliphatic heterocycles. The van der Waals surface area contributed by atoms with Crippen LogP contribution in [0.2, 0.25) is 0 Å². The van der Waals surface area contributed by atoms with Gasteiger partial charge < -0.3 is 19.4 Å². The van der Waals surface area contributed by atoms with Gasteiger partial charge in [0.15, 0.2) is 5.11 Å². The van der Waals surface area contributed by atoms with E-state index >= 15 is 0 Å². The highest BCUT2D eigenvalue weighted by Gasteiger charge is 2.42. The van der Waals surface area contributed by atoms with Gasteiger partial charge in [-0.2, -0.15) is 0 Å². The van der Waals surface area contributed by atoms with Gasteiger partial charge in [0.25, 0.3) is 0 Å². The van der Waals surface area contributed by atoms with Crippen molar-refractivity contribution in [2.24, 2.45) is 0 Å². The number of halogens is 1. The summed E-state index contributed by atoms with van der Waals surface area (Å²) in [6, 6.07) is 21.9. The van der Waals surface area contributed by atoms with Crippen molar-refractivity contribution in [3.63, 3.8) is 0 Å². The maximum atomic E-state index is 13.6. The third-order valence-electron chi connectivity index (χ3n) is 5.72. The number of esters is 1. The molecule has 3 heterocycles. The summed E-state index contributed by atoms with van der Waals surface area (Å²) in [5.41, 5.74) is 2.53. The first-order valence-corrected chi connectivity index (χ1v) is 11.0. The number of thiocarbonyl (C=S) groups is 1. The average molecular weight is 474 g/mol. The molecule has 1 N–H and O–H groups in total. The van der Waals surface area contributed by atoms with Crippen molar-refractivity contribution in [3.8, 4) is 11.3 Å². The van der Waals surface area contributed by atoms with Crippen LogP contribution in [0, 0.1) is 5.82 Å². The Kier molecular flexibility index (Phi) is 5.81. The summed E-state index contributed by atoms with van der Waals surface area (Å²) >= 11 is 5.67. The normalized spacial score (nSPS) is 17.5. The zero-order chi connectivity index (χ0) is 23.7. The topological polar surface area (TPSA) is 67.6 Å². The lowest BCUT2D eigenvalue weighted by Gasteiger charge is -2.26. The minimum Gasteiger partial charge on any atom is -0.465 e. The van der Waals surface area contributed by atoms with Gasteiger partial charge in [0.1, 0.15) is 23.4 Å². The SMILES string of the molecule is COC(=O)c1ccccc1-c1ccc([C@@H]2[C@H](c3ccccn3)NC(=S)N2c2ccc(F)cc2)o1. The molecular formula is C26H20FN3O3S. The van der Waals surface area contributed by atoms with E-state index in [1.807, 2.05) is 41.3 Å². The number of hydrogen-bond donors (Lipinski definition) is 1. The number of anilines is 1. The molecule has 0 amide bonds. The molecule has 1 aliphatic rings. The van der Waals surface area contributed by atoms with Crippen molar-refractivity contribution >= 4 is 29.0 Å². The number of methoxy groups -OCH3 is 1. The van der Waals surface area contributed by atoms with Gasteiger partial charge in [-0.25, -0.2) is 9.18 Å². The molecule has 0 aliphatic carbocycles. The fourth-order valence-electron chi connectivity index (χ4n) is 4.17. The van der Waals surface area contributed by atoms with E-state index in [0.29, 0.717) is 27.8 Å². The van der Waals surface area contributed by atoms with Crippen molar-refractivity contribution in [1.29, 1.82) is 0 Å². The molecule has 0 saturated carbocycles. The maximum Gasteiger partial charge on any atom is 0.338 e. The molecule has 170 valence electrons. The molecule has 0 unspecified atom stereocenters. The number of carbonyl (C=O) groups excluding carboxylic acids is 1. The van der Waals surface area contributed by atoms with Gasteiger partial charge in [-0.05, 0) is 66.8 Å². The van der Waals surface area contributed by atoms with Crippen LogP contribution in [-0.4, -0.2) is 23.2 Å². The van der Waals surface area contributed by atoms with E-state index in [9.17, 15) is 9.18 Å². The number of ether oxygens (including phenoxy) is 1. The van der Waals surface area contributed by atoms with E-state index in [0.717, 1.165) is 11.4 Å². The van der Waals surface area contributed by atoms with Crippen LogP contribution in [0.3, 0.4) is 0 Å². The van der Waals surface area contributed by atoms with Crippen molar-refractivity contribution in [2.45, 2.75) is 12.1 Å². The standard InChI is InChI=1S/C26H20FN3O3S/c1-32-25(31)19-7-3-2-6-18(19)21-13-14-22(33-21)24-23(20-8-4-5-15-28-20)29-26(34)30(24)17-11-9-16(27)10-12-17/h2-15,23-24H,1H3,(H,29,34)/t23-,24+/m0/s1. The van der Waals surface area contributed by atoms with Crippen LogP contribution in [0.25, 0.3) is 11.3 Å². The first-order valence-electron chi connectivity index (χ1n) is 10.6.